The molecule has 128 valence electrons. The molecule has 0 amide bonds. The highest BCUT2D eigenvalue weighted by molar-refractivity contribution is 7.99. The Balaban J connectivity index is 1.78. The fraction of sp³-hybridized carbons (Fsp3) is 1.00. The van der Waals surface area contributed by atoms with Gasteiger partial charge in [0.1, 0.15) is 48.2 Å². The molecule has 3 aliphatic heterocycles. The van der Waals surface area contributed by atoms with Crippen molar-refractivity contribution in [3.63, 3.8) is 0 Å². The smallest absolute Gasteiger partial charge is 0.207 e. The van der Waals surface area contributed by atoms with E-state index < -0.39 is 67.2 Å². The van der Waals surface area contributed by atoms with E-state index in [0.29, 0.717) is 0 Å². The van der Waals surface area contributed by atoms with Crippen molar-refractivity contribution in [2.45, 2.75) is 54.0 Å². The number of aliphatic hydroxyl groups excluding tert-OH is 6. The Morgan fingerprint density at radius 2 is 1.59 bits per heavy atom. The van der Waals surface area contributed by atoms with Crippen molar-refractivity contribution >= 4 is 11.8 Å². The Morgan fingerprint density at radius 1 is 0.909 bits per heavy atom. The Kier molecular flexibility index (Phi) is 4.69. The van der Waals surface area contributed by atoms with Crippen molar-refractivity contribution < 1.29 is 44.8 Å². The number of hydrogen-bond donors (Lipinski definition) is 6. The Hall–Kier alpha value is -0.0100. The van der Waals surface area contributed by atoms with E-state index in [9.17, 15) is 20.4 Å². The maximum atomic E-state index is 10.2. The lowest BCUT2D eigenvalue weighted by atomic mass is 9.99. The molecule has 9 nitrogen and oxygen atoms in total. The van der Waals surface area contributed by atoms with Crippen molar-refractivity contribution in [2.24, 2.45) is 0 Å². The van der Waals surface area contributed by atoms with Crippen LogP contribution in [-0.4, -0.2) is 104 Å². The van der Waals surface area contributed by atoms with Crippen molar-refractivity contribution in [1.29, 1.82) is 0 Å². The standard InChI is InChI=1S/C12H20O9S/c13-1-4-6(15)8(17)9-11(19-4)22-3-12(21-9)10(18)7(16)5(2-14)20-12/h4-11,13-18H,1-3H2/t4-,5-,6-,7-,8+,9-,10+,11-,12-/m1/s1. The molecule has 0 aromatic carbocycles. The van der Waals surface area contributed by atoms with E-state index in [2.05, 4.69) is 0 Å². The summed E-state index contributed by atoms with van der Waals surface area (Å²) in [7, 11) is 0. The molecule has 10 heteroatoms. The van der Waals surface area contributed by atoms with Gasteiger partial charge in [0.25, 0.3) is 0 Å². The van der Waals surface area contributed by atoms with E-state index in [1.165, 1.54) is 11.8 Å². The van der Waals surface area contributed by atoms with Crippen LogP contribution in [0.15, 0.2) is 0 Å². The summed E-state index contributed by atoms with van der Waals surface area (Å²) in [5, 5.41) is 58.4. The molecule has 3 saturated heterocycles. The lowest BCUT2D eigenvalue weighted by molar-refractivity contribution is -0.319. The molecule has 0 radical (unpaired) electrons. The zero-order valence-electron chi connectivity index (χ0n) is 11.6. The van der Waals surface area contributed by atoms with Gasteiger partial charge in [-0.05, 0) is 0 Å². The molecule has 3 heterocycles. The van der Waals surface area contributed by atoms with E-state index in [-0.39, 0.29) is 5.75 Å². The molecule has 6 N–H and O–H groups in total. The molecule has 0 saturated carbocycles. The maximum Gasteiger partial charge on any atom is 0.207 e. The Labute approximate surface area is 130 Å². The van der Waals surface area contributed by atoms with Gasteiger partial charge >= 0.3 is 0 Å². The van der Waals surface area contributed by atoms with Crippen LogP contribution in [0, 0.1) is 0 Å². The van der Waals surface area contributed by atoms with Crippen molar-refractivity contribution in [2.75, 3.05) is 19.0 Å². The first-order valence-corrected chi connectivity index (χ1v) is 8.05. The van der Waals surface area contributed by atoms with E-state index in [0.717, 1.165) is 0 Å². The monoisotopic (exact) mass is 340 g/mol. The lowest BCUT2D eigenvalue weighted by Gasteiger charge is -2.49. The maximum absolute atomic E-state index is 10.2. The molecule has 0 aromatic heterocycles. The normalized spacial score (nSPS) is 55.4. The second-order valence-electron chi connectivity index (χ2n) is 5.69. The summed E-state index contributed by atoms with van der Waals surface area (Å²) < 4.78 is 16.6. The van der Waals surface area contributed by atoms with Gasteiger partial charge in [-0.1, -0.05) is 0 Å². The highest BCUT2D eigenvalue weighted by Gasteiger charge is 2.61. The summed E-state index contributed by atoms with van der Waals surface area (Å²) in [6.45, 7) is -0.937. The van der Waals surface area contributed by atoms with Gasteiger partial charge < -0.3 is 44.8 Å². The topological polar surface area (TPSA) is 149 Å². The first-order chi connectivity index (χ1) is 10.4. The molecule has 3 fully saturated rings. The third kappa shape index (κ3) is 2.47. The SMILES string of the molecule is OC[C@H]1O[C@@]2(CS[C@H]3O[C@H](CO)[C@@H](O)[C@H](O)[C@H]3O2)[C@@H](O)[C@@H]1O. The summed E-state index contributed by atoms with van der Waals surface area (Å²) >= 11 is 1.18. The number of aliphatic hydroxyl groups is 6. The number of thioether (sulfide) groups is 1. The highest BCUT2D eigenvalue weighted by atomic mass is 32.2. The molecule has 0 unspecified atom stereocenters. The highest BCUT2D eigenvalue weighted by Crippen LogP contribution is 2.45. The van der Waals surface area contributed by atoms with E-state index in [1.54, 1.807) is 0 Å². The number of ether oxygens (including phenoxy) is 3. The Morgan fingerprint density at radius 3 is 2.18 bits per heavy atom. The minimum absolute atomic E-state index is 0.101. The second kappa shape index (κ2) is 6.13. The fourth-order valence-electron chi connectivity index (χ4n) is 3.00. The zero-order valence-corrected chi connectivity index (χ0v) is 12.4. The van der Waals surface area contributed by atoms with Crippen LogP contribution in [0.2, 0.25) is 0 Å². The quantitative estimate of drug-likeness (QED) is 0.297. The number of rotatable bonds is 2. The fourth-order valence-corrected chi connectivity index (χ4v) is 4.33. The summed E-state index contributed by atoms with van der Waals surface area (Å²) in [6.07, 6.45) is -8.34. The van der Waals surface area contributed by atoms with E-state index in [4.69, 9.17) is 24.4 Å². The van der Waals surface area contributed by atoms with Crippen LogP contribution in [-0.2, 0) is 14.2 Å². The first kappa shape index (κ1) is 16.8. The summed E-state index contributed by atoms with van der Waals surface area (Å²) in [5.74, 6) is -1.49. The van der Waals surface area contributed by atoms with E-state index in [1.807, 2.05) is 0 Å². The van der Waals surface area contributed by atoms with Gasteiger partial charge in [-0.2, -0.15) is 0 Å². The summed E-state index contributed by atoms with van der Waals surface area (Å²) in [4.78, 5) is 0. The van der Waals surface area contributed by atoms with Crippen LogP contribution >= 0.6 is 11.8 Å². The number of hydrogen-bond acceptors (Lipinski definition) is 10. The van der Waals surface area contributed by atoms with Crippen molar-refractivity contribution in [1.82, 2.24) is 0 Å². The van der Waals surface area contributed by atoms with Crippen LogP contribution in [0.4, 0.5) is 0 Å². The average Bonchev–Trinajstić information content (AvgIpc) is 2.76. The second-order valence-corrected chi connectivity index (χ2v) is 6.77. The molecule has 0 aliphatic carbocycles. The van der Waals surface area contributed by atoms with Crippen LogP contribution in [0.1, 0.15) is 0 Å². The molecule has 3 aliphatic rings. The van der Waals surface area contributed by atoms with Gasteiger partial charge in [0.05, 0.1) is 19.0 Å². The third-order valence-corrected chi connectivity index (χ3v) is 5.57. The van der Waals surface area contributed by atoms with Crippen LogP contribution in [0.3, 0.4) is 0 Å². The molecule has 0 aromatic rings. The van der Waals surface area contributed by atoms with Crippen LogP contribution < -0.4 is 0 Å². The van der Waals surface area contributed by atoms with Gasteiger partial charge in [0, 0.05) is 0 Å². The van der Waals surface area contributed by atoms with Gasteiger partial charge in [0.2, 0.25) is 5.79 Å². The van der Waals surface area contributed by atoms with Crippen molar-refractivity contribution in [3.8, 4) is 0 Å². The van der Waals surface area contributed by atoms with Gasteiger partial charge in [0.15, 0.2) is 0 Å². The van der Waals surface area contributed by atoms with Crippen LogP contribution in [0.25, 0.3) is 0 Å². The van der Waals surface area contributed by atoms with Crippen LogP contribution in [0.5, 0.6) is 0 Å². The predicted octanol–water partition coefficient (Wildman–Crippen LogP) is -3.63. The summed E-state index contributed by atoms with van der Waals surface area (Å²) in [5.41, 5.74) is -0.651. The minimum atomic E-state index is -1.59. The average molecular weight is 340 g/mol. The third-order valence-electron chi connectivity index (χ3n) is 4.29. The predicted molar refractivity (Wildman–Crippen MR) is 71.8 cm³/mol. The number of fused-ring (bicyclic) bond motifs is 1. The van der Waals surface area contributed by atoms with Gasteiger partial charge in [-0.25, -0.2) is 0 Å². The lowest BCUT2D eigenvalue weighted by Crippen LogP contribution is -2.65. The minimum Gasteiger partial charge on any atom is -0.394 e. The molecular formula is C12H20O9S. The molecular weight excluding hydrogens is 320 g/mol. The molecule has 3 rings (SSSR count). The largest absolute Gasteiger partial charge is 0.394 e. The molecule has 1 spiro atoms. The first-order valence-electron chi connectivity index (χ1n) is 7.00. The van der Waals surface area contributed by atoms with Crippen molar-refractivity contribution in [3.05, 3.63) is 0 Å². The molecule has 0 bridgehead atoms. The molecule has 22 heavy (non-hydrogen) atoms. The van der Waals surface area contributed by atoms with Gasteiger partial charge in [-0.15, -0.1) is 11.8 Å². The zero-order chi connectivity index (χ0) is 16.1. The van der Waals surface area contributed by atoms with E-state index >= 15 is 0 Å². The molecule has 9 atom stereocenters. The van der Waals surface area contributed by atoms with Gasteiger partial charge in [-0.3, -0.25) is 0 Å². The summed E-state index contributed by atoms with van der Waals surface area (Å²) in [6, 6.07) is 0. The Bertz CT molecular complexity index is 410.